The molecular weight excluding hydrogens is 496 g/mol. The van der Waals surface area contributed by atoms with Gasteiger partial charge in [-0.2, -0.15) is 0 Å². The summed E-state index contributed by atoms with van der Waals surface area (Å²) in [6.07, 6.45) is 2.12. The molecule has 6 aromatic rings. The predicted molar refractivity (Wildman–Crippen MR) is 168 cm³/mol. The van der Waals surface area contributed by atoms with Crippen LogP contribution < -0.4 is 0 Å². The van der Waals surface area contributed by atoms with Gasteiger partial charge in [0.05, 0.1) is 24.2 Å². The van der Waals surface area contributed by atoms with Gasteiger partial charge in [0.2, 0.25) is 0 Å². The first kappa shape index (κ1) is 23.0. The smallest absolute Gasteiger partial charge is 0.0952 e. The van der Waals surface area contributed by atoms with Gasteiger partial charge in [-0.3, -0.25) is 9.89 Å². The molecule has 1 aliphatic heterocycles. The zero-order valence-corrected chi connectivity index (χ0v) is 22.6. The summed E-state index contributed by atoms with van der Waals surface area (Å²) in [5.41, 5.74) is 12.1. The number of nitrogens with zero attached hydrogens (tertiary/aromatic N) is 2. The van der Waals surface area contributed by atoms with Crippen molar-refractivity contribution < 1.29 is 0 Å². The maximum Gasteiger partial charge on any atom is 0.0952 e. The van der Waals surface area contributed by atoms with Crippen LogP contribution in [0, 0.1) is 0 Å². The van der Waals surface area contributed by atoms with Crippen LogP contribution in [-0.2, 0) is 0 Å². The highest BCUT2D eigenvalue weighted by molar-refractivity contribution is 6.00. The molecule has 0 N–H and O–H groups in total. The Balaban J connectivity index is 1.24. The molecule has 194 valence electrons. The number of rotatable bonds is 3. The van der Waals surface area contributed by atoms with Gasteiger partial charge in [0, 0.05) is 11.8 Å². The molecule has 2 aliphatic carbocycles. The predicted octanol–water partition coefficient (Wildman–Crippen LogP) is 9.50. The van der Waals surface area contributed by atoms with Crippen LogP contribution in [0.3, 0.4) is 0 Å². The topological polar surface area (TPSA) is 15.4 Å². The number of benzene rings is 6. The first-order valence-corrected chi connectivity index (χ1v) is 14.5. The second kappa shape index (κ2) is 8.86. The van der Waals surface area contributed by atoms with E-state index in [2.05, 4.69) is 151 Å². The third kappa shape index (κ3) is 3.38. The van der Waals surface area contributed by atoms with Crippen LogP contribution in [0.5, 0.6) is 0 Å². The van der Waals surface area contributed by atoms with E-state index in [0.29, 0.717) is 12.1 Å². The molecule has 1 unspecified atom stereocenters. The van der Waals surface area contributed by atoms with Crippen molar-refractivity contribution in [2.75, 3.05) is 0 Å². The van der Waals surface area contributed by atoms with Crippen molar-refractivity contribution in [1.82, 2.24) is 4.90 Å². The Hall–Kier alpha value is -4.79. The Morgan fingerprint density at radius 1 is 0.439 bits per heavy atom. The normalized spacial score (nSPS) is 23.3. The van der Waals surface area contributed by atoms with Crippen molar-refractivity contribution in [3.63, 3.8) is 0 Å². The minimum atomic E-state index is -0.0232. The summed E-state index contributed by atoms with van der Waals surface area (Å²) in [6.45, 7) is 0. The quantitative estimate of drug-likeness (QED) is 0.166. The number of aliphatic imine (C=N–C) groups is 1. The fraction of sp³-hybridized carbons (Fsp3) is 0.103. The molecule has 9 rings (SSSR count). The SMILES string of the molecule is C(=N[C@H]1c2ccccc2-c2ccccc2[C@@H]1N1[C@@H]2c3ccccc3-c3ccccc3[C@@H]21)c1cccc2ccccc12. The average Bonchev–Trinajstić information content (AvgIpc) is 3.79. The summed E-state index contributed by atoms with van der Waals surface area (Å²) >= 11 is 0. The molecule has 0 aromatic heterocycles. The molecule has 0 radical (unpaired) electrons. The van der Waals surface area contributed by atoms with Crippen LogP contribution in [-0.4, -0.2) is 11.1 Å². The summed E-state index contributed by atoms with van der Waals surface area (Å²) < 4.78 is 0. The molecule has 41 heavy (non-hydrogen) atoms. The van der Waals surface area contributed by atoms with Crippen LogP contribution in [0.15, 0.2) is 145 Å². The Morgan fingerprint density at radius 3 is 1.54 bits per heavy atom. The minimum Gasteiger partial charge on any atom is -0.282 e. The third-order valence-corrected chi connectivity index (χ3v) is 9.37. The zero-order chi connectivity index (χ0) is 26.9. The summed E-state index contributed by atoms with van der Waals surface area (Å²) in [5, 5.41) is 2.48. The van der Waals surface area contributed by atoms with Gasteiger partial charge in [0.1, 0.15) is 0 Å². The van der Waals surface area contributed by atoms with E-state index in [1.165, 1.54) is 55.3 Å². The largest absolute Gasteiger partial charge is 0.282 e. The van der Waals surface area contributed by atoms with E-state index >= 15 is 0 Å². The van der Waals surface area contributed by atoms with Crippen LogP contribution in [0.25, 0.3) is 33.0 Å². The van der Waals surface area contributed by atoms with Crippen molar-refractivity contribution in [3.8, 4) is 22.3 Å². The molecule has 6 aromatic carbocycles. The van der Waals surface area contributed by atoms with Gasteiger partial charge in [0.25, 0.3) is 0 Å². The van der Waals surface area contributed by atoms with Crippen LogP contribution in [0.4, 0.5) is 0 Å². The van der Waals surface area contributed by atoms with Crippen LogP contribution in [0.1, 0.15) is 52.0 Å². The fourth-order valence-electron chi connectivity index (χ4n) is 7.61. The van der Waals surface area contributed by atoms with E-state index in [1.54, 1.807) is 0 Å². The molecule has 1 heterocycles. The first-order valence-electron chi connectivity index (χ1n) is 14.5. The van der Waals surface area contributed by atoms with E-state index in [9.17, 15) is 0 Å². The van der Waals surface area contributed by atoms with Gasteiger partial charge >= 0.3 is 0 Å². The lowest BCUT2D eigenvalue weighted by Gasteiger charge is -2.35. The van der Waals surface area contributed by atoms with E-state index in [0.717, 1.165) is 5.56 Å². The molecule has 2 heteroatoms. The van der Waals surface area contributed by atoms with Crippen molar-refractivity contribution in [2.45, 2.75) is 24.2 Å². The highest BCUT2D eigenvalue weighted by atomic mass is 15.4. The highest BCUT2D eigenvalue weighted by Gasteiger charge is 2.59. The van der Waals surface area contributed by atoms with Crippen molar-refractivity contribution in [3.05, 3.63) is 167 Å². The monoisotopic (exact) mass is 524 g/mol. The summed E-state index contributed by atoms with van der Waals surface area (Å²) in [6, 6.07) is 51.8. The fourth-order valence-corrected chi connectivity index (χ4v) is 7.61. The lowest BCUT2D eigenvalue weighted by atomic mass is 9.79. The molecule has 3 aliphatic rings. The Labute approximate surface area is 240 Å². The third-order valence-electron chi connectivity index (χ3n) is 9.37. The van der Waals surface area contributed by atoms with Gasteiger partial charge in [-0.05, 0) is 55.3 Å². The molecule has 0 amide bonds. The van der Waals surface area contributed by atoms with Gasteiger partial charge in [-0.15, -0.1) is 0 Å². The van der Waals surface area contributed by atoms with Crippen molar-refractivity contribution >= 4 is 17.0 Å². The van der Waals surface area contributed by atoms with Crippen molar-refractivity contribution in [1.29, 1.82) is 0 Å². The van der Waals surface area contributed by atoms with Crippen LogP contribution in [0.2, 0.25) is 0 Å². The standard InChI is InChI=1S/C39H28N2/c1-2-15-27-25(12-1)13-11-14-26(27)24-40-36-32-20-7-3-16-28(32)29-17-4-8-21-33(29)37(36)41-38-34-22-9-5-18-30(34)31-19-6-10-23-35(31)39(38)41/h1-24,36-39H/t36-,37-,38-,39+,41?/m0/s1. The molecule has 1 fully saturated rings. The summed E-state index contributed by atoms with van der Waals surface area (Å²) in [7, 11) is 0. The van der Waals surface area contributed by atoms with E-state index < -0.39 is 0 Å². The van der Waals surface area contributed by atoms with Crippen LogP contribution >= 0.6 is 0 Å². The van der Waals surface area contributed by atoms with Crippen molar-refractivity contribution in [2.24, 2.45) is 4.99 Å². The van der Waals surface area contributed by atoms with Gasteiger partial charge in [0.15, 0.2) is 0 Å². The lowest BCUT2D eigenvalue weighted by Crippen LogP contribution is -2.23. The Morgan fingerprint density at radius 2 is 0.902 bits per heavy atom. The average molecular weight is 525 g/mol. The van der Waals surface area contributed by atoms with Gasteiger partial charge < -0.3 is 0 Å². The maximum absolute atomic E-state index is 5.49. The molecule has 2 nitrogen and oxygen atoms in total. The number of fused-ring (bicyclic) bond motifs is 10. The zero-order valence-electron chi connectivity index (χ0n) is 22.6. The molecular formula is C39H28N2. The van der Waals surface area contributed by atoms with Gasteiger partial charge in [-0.25, -0.2) is 0 Å². The van der Waals surface area contributed by atoms with E-state index in [1.807, 2.05) is 0 Å². The molecule has 1 saturated heterocycles. The summed E-state index contributed by atoms with van der Waals surface area (Å²) in [4.78, 5) is 8.23. The highest BCUT2D eigenvalue weighted by Crippen LogP contribution is 2.68. The summed E-state index contributed by atoms with van der Waals surface area (Å²) in [5.74, 6) is 0. The molecule has 0 bridgehead atoms. The lowest BCUT2D eigenvalue weighted by molar-refractivity contribution is 0.310. The second-order valence-corrected chi connectivity index (χ2v) is 11.4. The molecule has 5 atom stereocenters. The van der Waals surface area contributed by atoms with E-state index in [4.69, 9.17) is 4.99 Å². The molecule has 0 saturated carbocycles. The Kier molecular flexibility index (Phi) is 4.96. The number of hydrogen-bond acceptors (Lipinski definition) is 2. The second-order valence-electron chi connectivity index (χ2n) is 11.4. The van der Waals surface area contributed by atoms with Gasteiger partial charge in [-0.1, -0.05) is 140 Å². The molecule has 0 spiro atoms. The number of hydrogen-bond donors (Lipinski definition) is 0. The first-order chi connectivity index (χ1) is 20.4. The van der Waals surface area contributed by atoms with E-state index in [-0.39, 0.29) is 12.1 Å². The Bertz CT molecular complexity index is 1950. The minimum absolute atomic E-state index is 0.0232. The maximum atomic E-state index is 5.49.